The number of rotatable bonds is 7. The zero-order valence-corrected chi connectivity index (χ0v) is 17.2. The molecule has 1 aromatic heterocycles. The molecule has 0 bridgehead atoms. The molecule has 160 valence electrons. The topological polar surface area (TPSA) is 122 Å². The Morgan fingerprint density at radius 2 is 1.94 bits per heavy atom. The minimum atomic E-state index is -4.27. The van der Waals surface area contributed by atoms with Crippen molar-refractivity contribution in [3.8, 4) is 0 Å². The summed E-state index contributed by atoms with van der Waals surface area (Å²) in [6.07, 6.45) is 1.02. The molecule has 1 unspecified atom stereocenters. The van der Waals surface area contributed by atoms with E-state index in [-0.39, 0.29) is 21.0 Å². The monoisotopic (exact) mass is 443 g/mol. The van der Waals surface area contributed by atoms with Gasteiger partial charge in [-0.15, -0.1) is 0 Å². The maximum atomic E-state index is 14.8. The molecule has 1 aliphatic heterocycles. The number of sulfone groups is 1. The van der Waals surface area contributed by atoms with E-state index in [2.05, 4.69) is 15.5 Å². The van der Waals surface area contributed by atoms with Crippen LogP contribution < -0.4 is 15.9 Å². The van der Waals surface area contributed by atoms with E-state index in [0.29, 0.717) is 17.9 Å². The Morgan fingerprint density at radius 3 is 2.58 bits per heavy atom. The number of fused-ring (bicyclic) bond motifs is 1. The van der Waals surface area contributed by atoms with E-state index in [4.69, 9.17) is 4.52 Å². The molecule has 2 heterocycles. The van der Waals surface area contributed by atoms with Crippen LogP contribution in [0, 0.1) is 5.82 Å². The van der Waals surface area contributed by atoms with Gasteiger partial charge < -0.3 is 14.9 Å². The van der Waals surface area contributed by atoms with E-state index in [0.717, 1.165) is 6.07 Å². The lowest BCUT2D eigenvalue weighted by Gasteiger charge is -2.10. The SMILES string of the molecule is CC1N=c2ccc(F)c(S(=O)(=O)c3ccc(NCc4ccon4)cc3)c2=C1CC(=O)O. The molecule has 0 saturated heterocycles. The van der Waals surface area contributed by atoms with E-state index < -0.39 is 39.0 Å². The highest BCUT2D eigenvalue weighted by Gasteiger charge is 2.29. The highest BCUT2D eigenvalue weighted by atomic mass is 32.2. The molecular weight excluding hydrogens is 425 g/mol. The predicted octanol–water partition coefficient (Wildman–Crippen LogP) is 1.91. The van der Waals surface area contributed by atoms with Crippen molar-refractivity contribution in [3.05, 3.63) is 70.8 Å². The average Bonchev–Trinajstić information content (AvgIpc) is 3.35. The second-order valence-corrected chi connectivity index (χ2v) is 8.93. The van der Waals surface area contributed by atoms with Crippen LogP contribution in [0.5, 0.6) is 0 Å². The van der Waals surface area contributed by atoms with Gasteiger partial charge in [0, 0.05) is 17.0 Å². The van der Waals surface area contributed by atoms with Crippen LogP contribution in [0.3, 0.4) is 0 Å². The lowest BCUT2D eigenvalue weighted by molar-refractivity contribution is -0.135. The number of carboxylic acids is 1. The van der Waals surface area contributed by atoms with Gasteiger partial charge in [-0.25, -0.2) is 12.8 Å². The van der Waals surface area contributed by atoms with Crippen LogP contribution in [0.25, 0.3) is 5.57 Å². The Hall–Kier alpha value is -3.53. The molecule has 10 heteroatoms. The molecule has 0 saturated carbocycles. The van der Waals surface area contributed by atoms with Crippen molar-refractivity contribution in [2.45, 2.75) is 35.7 Å². The number of hydrogen-bond donors (Lipinski definition) is 2. The second-order valence-electron chi connectivity index (χ2n) is 7.04. The predicted molar refractivity (Wildman–Crippen MR) is 108 cm³/mol. The molecule has 1 atom stereocenters. The molecule has 4 rings (SSSR count). The van der Waals surface area contributed by atoms with Crippen LogP contribution in [-0.2, 0) is 21.2 Å². The summed E-state index contributed by atoms with van der Waals surface area (Å²) >= 11 is 0. The van der Waals surface area contributed by atoms with Crippen LogP contribution in [0.15, 0.2) is 68.0 Å². The third-order valence-corrected chi connectivity index (χ3v) is 6.82. The first kappa shape index (κ1) is 20.7. The fraction of sp³-hybridized carbons (Fsp3) is 0.190. The van der Waals surface area contributed by atoms with Crippen LogP contribution in [0.1, 0.15) is 19.0 Å². The van der Waals surface area contributed by atoms with E-state index in [1.165, 1.54) is 24.5 Å². The molecule has 2 aromatic carbocycles. The standard InChI is InChI=1S/C21H18FN3O5S/c1-12-16(10-19(26)27)20-18(24-12)7-6-17(22)21(20)31(28,29)15-4-2-13(3-5-15)23-11-14-8-9-30-25-14/h2-9,12,23H,10-11H2,1H3,(H,26,27). The minimum absolute atomic E-state index is 0.0446. The Morgan fingerprint density at radius 1 is 1.19 bits per heavy atom. The van der Waals surface area contributed by atoms with Crippen LogP contribution in [-0.4, -0.2) is 30.7 Å². The summed E-state index contributed by atoms with van der Waals surface area (Å²) in [4.78, 5) is 14.9. The van der Waals surface area contributed by atoms with Crippen molar-refractivity contribution in [2.24, 2.45) is 4.99 Å². The summed E-state index contributed by atoms with van der Waals surface area (Å²) in [5.41, 5.74) is 1.59. The van der Waals surface area contributed by atoms with Crippen molar-refractivity contribution >= 4 is 27.1 Å². The summed E-state index contributed by atoms with van der Waals surface area (Å²) in [6, 6.07) is 9.40. The number of benzene rings is 2. The Bertz CT molecular complexity index is 1370. The van der Waals surface area contributed by atoms with Crippen LogP contribution >= 0.6 is 0 Å². The highest BCUT2D eigenvalue weighted by molar-refractivity contribution is 7.91. The van der Waals surface area contributed by atoms with Crippen molar-refractivity contribution in [1.82, 2.24) is 5.16 Å². The summed E-state index contributed by atoms with van der Waals surface area (Å²) in [5, 5.41) is 16.4. The van der Waals surface area contributed by atoms with Crippen LogP contribution in [0.4, 0.5) is 10.1 Å². The Balaban J connectivity index is 1.75. The van der Waals surface area contributed by atoms with Crippen LogP contribution in [0.2, 0.25) is 0 Å². The van der Waals surface area contributed by atoms with Gasteiger partial charge in [0.25, 0.3) is 0 Å². The molecule has 0 radical (unpaired) electrons. The zero-order chi connectivity index (χ0) is 22.2. The van der Waals surface area contributed by atoms with Crippen molar-refractivity contribution in [1.29, 1.82) is 0 Å². The Kier molecular flexibility index (Phi) is 5.32. The van der Waals surface area contributed by atoms with Gasteiger partial charge in [-0.1, -0.05) is 5.16 Å². The number of nitrogens with zero attached hydrogens (tertiary/aromatic N) is 2. The summed E-state index contributed by atoms with van der Waals surface area (Å²) in [5.74, 6) is -2.08. The van der Waals surface area contributed by atoms with Crippen molar-refractivity contribution in [3.63, 3.8) is 0 Å². The van der Waals surface area contributed by atoms with E-state index in [9.17, 15) is 22.7 Å². The van der Waals surface area contributed by atoms with E-state index in [1.54, 1.807) is 25.1 Å². The maximum absolute atomic E-state index is 14.8. The van der Waals surface area contributed by atoms with Gasteiger partial charge in [-0.2, -0.15) is 0 Å². The molecule has 0 spiro atoms. The molecule has 1 aliphatic rings. The molecule has 0 amide bonds. The summed E-state index contributed by atoms with van der Waals surface area (Å²) < 4.78 is 46.2. The Labute approximate surface area is 176 Å². The van der Waals surface area contributed by atoms with Gasteiger partial charge in [0.1, 0.15) is 22.7 Å². The van der Waals surface area contributed by atoms with Gasteiger partial charge in [0.2, 0.25) is 9.84 Å². The highest BCUT2D eigenvalue weighted by Crippen LogP contribution is 2.24. The fourth-order valence-corrected chi connectivity index (χ4v) is 5.07. The quantitative estimate of drug-likeness (QED) is 0.572. The third-order valence-electron chi connectivity index (χ3n) is 4.99. The fourth-order valence-electron chi connectivity index (χ4n) is 3.51. The number of carbonyl (C=O) groups is 1. The van der Waals surface area contributed by atoms with Gasteiger partial charge in [-0.3, -0.25) is 9.79 Å². The van der Waals surface area contributed by atoms with Gasteiger partial charge in [0.05, 0.1) is 29.3 Å². The molecule has 8 nitrogen and oxygen atoms in total. The van der Waals surface area contributed by atoms with E-state index >= 15 is 0 Å². The number of carboxylic acid groups (broad SMARTS) is 1. The van der Waals surface area contributed by atoms with Crippen molar-refractivity contribution < 1.29 is 27.2 Å². The average molecular weight is 443 g/mol. The number of aliphatic carboxylic acids is 1. The lowest BCUT2D eigenvalue weighted by Crippen LogP contribution is -2.32. The molecule has 0 fully saturated rings. The van der Waals surface area contributed by atoms with Gasteiger partial charge >= 0.3 is 5.97 Å². The number of anilines is 1. The summed E-state index contributed by atoms with van der Waals surface area (Å²) in [7, 11) is -4.27. The first-order valence-corrected chi connectivity index (χ1v) is 10.8. The largest absolute Gasteiger partial charge is 0.481 e. The smallest absolute Gasteiger partial charge is 0.307 e. The number of halogens is 1. The lowest BCUT2D eigenvalue weighted by atomic mass is 10.0. The molecular formula is C21H18FN3O5S. The second kappa shape index (κ2) is 7.95. The summed E-state index contributed by atoms with van der Waals surface area (Å²) in [6.45, 7) is 2.04. The number of aromatic nitrogens is 1. The first-order valence-electron chi connectivity index (χ1n) is 9.37. The number of hydrogen-bond acceptors (Lipinski definition) is 7. The van der Waals surface area contributed by atoms with Gasteiger partial charge in [0.15, 0.2) is 0 Å². The molecule has 2 N–H and O–H groups in total. The normalized spacial score (nSPS) is 15.4. The van der Waals surface area contributed by atoms with Gasteiger partial charge in [-0.05, 0) is 48.9 Å². The number of nitrogens with one attached hydrogen (secondary N) is 1. The zero-order valence-electron chi connectivity index (χ0n) is 16.4. The van der Waals surface area contributed by atoms with E-state index in [1.807, 2.05) is 0 Å². The minimum Gasteiger partial charge on any atom is -0.481 e. The molecule has 0 aliphatic carbocycles. The van der Waals surface area contributed by atoms with Crippen molar-refractivity contribution in [2.75, 3.05) is 5.32 Å². The third kappa shape index (κ3) is 3.93. The molecule has 3 aromatic rings. The maximum Gasteiger partial charge on any atom is 0.307 e. The molecule has 31 heavy (non-hydrogen) atoms. The first-order chi connectivity index (χ1) is 14.8.